The molecule has 0 saturated carbocycles. The summed E-state index contributed by atoms with van der Waals surface area (Å²) in [6.45, 7) is 0. The van der Waals surface area contributed by atoms with Crippen molar-refractivity contribution in [2.75, 3.05) is 0 Å². The number of aromatic hydroxyl groups is 1. The fraction of sp³-hybridized carbons (Fsp3) is 0. The summed E-state index contributed by atoms with van der Waals surface area (Å²) in [5, 5.41) is 19.0. The molecular formula is C17H10BrN5O2S. The number of aliphatic imine (C=N–C) groups is 1. The molecule has 4 rings (SSSR count). The number of hydrogen-bond acceptors (Lipinski definition) is 6. The minimum atomic E-state index is -0.388. The molecule has 1 amide bonds. The number of nitrogens with zero attached hydrogens (tertiary/aromatic N) is 4. The van der Waals surface area contributed by atoms with Crippen LogP contribution in [-0.4, -0.2) is 26.1 Å². The molecular weight excluding hydrogens is 418 g/mol. The standard InChI is InChI=1S/C17H10BrN5O2S/c18-9-4-5-12-11(7-9)14(16(25)20-12)22-23-17-21-15(24)13(26-17)8-10-3-1-2-6-19-10/h1-8,20,25H. The van der Waals surface area contributed by atoms with Crippen LogP contribution in [0.1, 0.15) is 5.69 Å². The van der Waals surface area contributed by atoms with Gasteiger partial charge < -0.3 is 10.1 Å². The van der Waals surface area contributed by atoms with Crippen LogP contribution in [0.5, 0.6) is 5.88 Å². The van der Waals surface area contributed by atoms with Crippen molar-refractivity contribution >= 4 is 61.4 Å². The van der Waals surface area contributed by atoms with E-state index in [1.54, 1.807) is 24.4 Å². The molecule has 7 nitrogen and oxygen atoms in total. The van der Waals surface area contributed by atoms with E-state index in [0.29, 0.717) is 21.7 Å². The zero-order valence-corrected chi connectivity index (χ0v) is 15.5. The van der Waals surface area contributed by atoms with E-state index >= 15 is 0 Å². The summed E-state index contributed by atoms with van der Waals surface area (Å²) in [5.74, 6) is -0.485. The maximum absolute atomic E-state index is 12.0. The summed E-state index contributed by atoms with van der Waals surface area (Å²) < 4.78 is 0.851. The van der Waals surface area contributed by atoms with Gasteiger partial charge in [0.25, 0.3) is 5.91 Å². The summed E-state index contributed by atoms with van der Waals surface area (Å²) in [6, 6.07) is 10.9. The van der Waals surface area contributed by atoms with Crippen LogP contribution in [0.3, 0.4) is 0 Å². The number of H-pyrrole nitrogens is 1. The number of carbonyl (C=O) groups excluding carboxylic acids is 1. The topological polar surface area (TPSA) is 103 Å². The van der Waals surface area contributed by atoms with E-state index in [9.17, 15) is 9.90 Å². The Kier molecular flexibility index (Phi) is 4.39. The predicted octanol–water partition coefficient (Wildman–Crippen LogP) is 4.79. The number of aromatic nitrogens is 2. The van der Waals surface area contributed by atoms with Gasteiger partial charge in [-0.1, -0.05) is 22.0 Å². The van der Waals surface area contributed by atoms with Crippen molar-refractivity contribution in [3.63, 3.8) is 0 Å². The van der Waals surface area contributed by atoms with Gasteiger partial charge in [-0.05, 0) is 48.2 Å². The van der Waals surface area contributed by atoms with Crippen molar-refractivity contribution in [3.8, 4) is 5.88 Å². The Morgan fingerprint density at radius 1 is 1.23 bits per heavy atom. The van der Waals surface area contributed by atoms with E-state index in [1.165, 1.54) is 0 Å². The van der Waals surface area contributed by atoms with Gasteiger partial charge in [-0.25, -0.2) is 0 Å². The van der Waals surface area contributed by atoms with Gasteiger partial charge in [-0.3, -0.25) is 9.78 Å². The number of amides is 1. The molecule has 128 valence electrons. The Bertz CT molecular complexity index is 1110. The molecule has 0 radical (unpaired) electrons. The number of azo groups is 1. The molecule has 0 saturated heterocycles. The lowest BCUT2D eigenvalue weighted by molar-refractivity contribution is -0.113. The zero-order chi connectivity index (χ0) is 18.1. The first-order valence-electron chi connectivity index (χ1n) is 7.46. The molecule has 0 spiro atoms. The molecule has 2 aromatic heterocycles. The molecule has 0 aliphatic carbocycles. The second-order valence-electron chi connectivity index (χ2n) is 5.28. The average Bonchev–Trinajstić information content (AvgIpc) is 3.13. The number of fused-ring (bicyclic) bond motifs is 1. The quantitative estimate of drug-likeness (QED) is 0.453. The van der Waals surface area contributed by atoms with Crippen LogP contribution in [0.2, 0.25) is 0 Å². The second kappa shape index (κ2) is 6.85. The largest absolute Gasteiger partial charge is 0.493 e. The zero-order valence-electron chi connectivity index (χ0n) is 13.0. The van der Waals surface area contributed by atoms with Crippen molar-refractivity contribution in [2.24, 2.45) is 15.2 Å². The number of halogens is 1. The number of hydrogen-bond donors (Lipinski definition) is 2. The van der Waals surface area contributed by atoms with Crippen molar-refractivity contribution < 1.29 is 9.90 Å². The highest BCUT2D eigenvalue weighted by Crippen LogP contribution is 2.37. The van der Waals surface area contributed by atoms with E-state index in [4.69, 9.17) is 0 Å². The first-order chi connectivity index (χ1) is 12.6. The normalized spacial score (nSPS) is 16.1. The lowest BCUT2D eigenvalue weighted by Crippen LogP contribution is -1.88. The molecule has 1 aromatic carbocycles. The summed E-state index contributed by atoms with van der Waals surface area (Å²) >= 11 is 4.50. The van der Waals surface area contributed by atoms with Crippen LogP contribution in [0.4, 0.5) is 5.69 Å². The first kappa shape index (κ1) is 16.7. The van der Waals surface area contributed by atoms with Crippen LogP contribution in [-0.2, 0) is 4.79 Å². The van der Waals surface area contributed by atoms with Gasteiger partial charge in [0.15, 0.2) is 5.69 Å². The molecule has 0 fully saturated rings. The number of rotatable bonds is 2. The molecule has 3 heterocycles. The number of amidine groups is 1. The molecule has 3 aromatic rings. The lowest BCUT2D eigenvalue weighted by Gasteiger charge is -1.94. The Morgan fingerprint density at radius 3 is 2.92 bits per heavy atom. The van der Waals surface area contributed by atoms with E-state index in [-0.39, 0.29) is 17.0 Å². The van der Waals surface area contributed by atoms with Gasteiger partial charge in [0, 0.05) is 16.1 Å². The smallest absolute Gasteiger partial charge is 0.286 e. The van der Waals surface area contributed by atoms with Gasteiger partial charge in [0.05, 0.1) is 16.1 Å². The SMILES string of the molecule is O=C1N=C(N=Nc2c(O)[nH]c3ccc(Br)cc23)SC1=Cc1ccccn1. The highest BCUT2D eigenvalue weighted by molar-refractivity contribution is 9.10. The van der Waals surface area contributed by atoms with Gasteiger partial charge in [-0.2, -0.15) is 4.99 Å². The molecule has 9 heteroatoms. The number of aromatic amines is 1. The summed E-state index contributed by atoms with van der Waals surface area (Å²) in [6.07, 6.45) is 3.30. The summed E-state index contributed by atoms with van der Waals surface area (Å²) in [7, 11) is 0. The van der Waals surface area contributed by atoms with Crippen molar-refractivity contribution in [3.05, 3.63) is 57.7 Å². The van der Waals surface area contributed by atoms with Crippen molar-refractivity contribution in [2.45, 2.75) is 0 Å². The Morgan fingerprint density at radius 2 is 2.12 bits per heavy atom. The monoisotopic (exact) mass is 427 g/mol. The Balaban J connectivity index is 1.60. The van der Waals surface area contributed by atoms with Gasteiger partial charge in [-0.15, -0.1) is 10.2 Å². The minimum Gasteiger partial charge on any atom is -0.493 e. The van der Waals surface area contributed by atoms with Crippen LogP contribution < -0.4 is 0 Å². The maximum atomic E-state index is 12.0. The van der Waals surface area contributed by atoms with E-state index in [1.807, 2.05) is 24.3 Å². The molecule has 1 aliphatic rings. The highest BCUT2D eigenvalue weighted by Gasteiger charge is 2.22. The Labute approximate surface area is 160 Å². The third kappa shape index (κ3) is 3.31. The first-order valence-corrected chi connectivity index (χ1v) is 9.06. The van der Waals surface area contributed by atoms with E-state index in [2.05, 4.69) is 41.1 Å². The molecule has 26 heavy (non-hydrogen) atoms. The number of pyridine rings is 1. The number of thioether (sulfide) groups is 1. The van der Waals surface area contributed by atoms with Crippen LogP contribution in [0.15, 0.2) is 67.2 Å². The average molecular weight is 428 g/mol. The molecule has 0 unspecified atom stereocenters. The fourth-order valence-electron chi connectivity index (χ4n) is 2.37. The summed E-state index contributed by atoms with van der Waals surface area (Å²) in [5.41, 5.74) is 1.68. The van der Waals surface area contributed by atoms with Crippen LogP contribution >= 0.6 is 27.7 Å². The van der Waals surface area contributed by atoms with E-state index in [0.717, 1.165) is 21.8 Å². The van der Waals surface area contributed by atoms with Crippen molar-refractivity contribution in [1.82, 2.24) is 9.97 Å². The molecule has 1 aliphatic heterocycles. The van der Waals surface area contributed by atoms with Gasteiger partial charge in [0.1, 0.15) is 0 Å². The van der Waals surface area contributed by atoms with Gasteiger partial charge in [0.2, 0.25) is 11.0 Å². The number of carbonyl (C=O) groups is 1. The minimum absolute atomic E-state index is 0.0963. The molecule has 0 atom stereocenters. The van der Waals surface area contributed by atoms with Crippen LogP contribution in [0.25, 0.3) is 17.0 Å². The lowest BCUT2D eigenvalue weighted by atomic mass is 10.2. The summed E-state index contributed by atoms with van der Waals surface area (Å²) in [4.78, 5) is 23.3. The molecule has 0 bridgehead atoms. The second-order valence-corrected chi connectivity index (χ2v) is 7.20. The van der Waals surface area contributed by atoms with Crippen LogP contribution in [0, 0.1) is 0 Å². The molecule has 2 N–H and O–H groups in total. The van der Waals surface area contributed by atoms with E-state index < -0.39 is 0 Å². The van der Waals surface area contributed by atoms with Gasteiger partial charge >= 0.3 is 0 Å². The third-order valence-corrected chi connectivity index (χ3v) is 4.89. The third-order valence-electron chi connectivity index (χ3n) is 3.53. The maximum Gasteiger partial charge on any atom is 0.286 e. The predicted molar refractivity (Wildman–Crippen MR) is 104 cm³/mol. The Hall–Kier alpha value is -2.78. The fourth-order valence-corrected chi connectivity index (χ4v) is 3.45. The number of nitrogens with one attached hydrogen (secondary N) is 1. The highest BCUT2D eigenvalue weighted by atomic mass is 79.9. The van der Waals surface area contributed by atoms with Crippen molar-refractivity contribution in [1.29, 1.82) is 0 Å². The number of benzene rings is 1.